The second-order valence-corrected chi connectivity index (χ2v) is 6.27. The first kappa shape index (κ1) is 15.3. The summed E-state index contributed by atoms with van der Waals surface area (Å²) in [6.45, 7) is 3.95. The Bertz CT molecular complexity index is 617. The van der Waals surface area contributed by atoms with E-state index < -0.39 is 0 Å². The van der Waals surface area contributed by atoms with Crippen molar-refractivity contribution in [3.8, 4) is 5.75 Å². The summed E-state index contributed by atoms with van der Waals surface area (Å²) in [5, 5.41) is 4.06. The summed E-state index contributed by atoms with van der Waals surface area (Å²) in [6, 6.07) is 11.4. The van der Waals surface area contributed by atoms with Crippen molar-refractivity contribution in [2.45, 2.75) is 20.0 Å². The van der Waals surface area contributed by atoms with E-state index in [1.54, 1.807) is 0 Å². The minimum absolute atomic E-state index is 0.0863. The molecule has 2 rings (SSSR count). The van der Waals surface area contributed by atoms with Gasteiger partial charge in [-0.25, -0.2) is 0 Å². The largest absolute Gasteiger partial charge is 0.489 e. The first-order valence-electron chi connectivity index (χ1n) is 6.24. The highest BCUT2D eigenvalue weighted by Gasteiger charge is 2.06. The molecule has 0 radical (unpaired) electrons. The second-order valence-electron chi connectivity index (χ2n) is 4.67. The normalized spacial score (nSPS) is 10.7. The molecule has 0 unspecified atom stereocenters. The van der Waals surface area contributed by atoms with Gasteiger partial charge in [-0.1, -0.05) is 11.6 Å². The average molecular weight is 403 g/mol. The summed E-state index contributed by atoms with van der Waals surface area (Å²) in [5.74, 6) is 0.689. The number of nitrogens with two attached hydrogens (primary N) is 1. The maximum atomic E-state index is 5.95. The van der Waals surface area contributed by atoms with Crippen molar-refractivity contribution < 1.29 is 4.74 Å². The number of hydrogen-bond donors (Lipinski definition) is 2. The maximum absolute atomic E-state index is 5.95. The van der Waals surface area contributed by atoms with Crippen molar-refractivity contribution in [3.63, 3.8) is 0 Å². The van der Waals surface area contributed by atoms with E-state index in [-0.39, 0.29) is 6.10 Å². The van der Waals surface area contributed by atoms with E-state index in [2.05, 4.69) is 27.9 Å². The van der Waals surface area contributed by atoms with Crippen molar-refractivity contribution in [2.24, 2.45) is 0 Å². The van der Waals surface area contributed by atoms with Crippen molar-refractivity contribution in [1.82, 2.24) is 0 Å². The maximum Gasteiger partial charge on any atom is 0.144 e. The number of halogens is 2. The number of anilines is 3. The zero-order valence-corrected chi connectivity index (χ0v) is 14.2. The van der Waals surface area contributed by atoms with Gasteiger partial charge in [-0.05, 0) is 66.8 Å². The van der Waals surface area contributed by atoms with Crippen molar-refractivity contribution in [2.75, 3.05) is 11.1 Å². The molecule has 2 aromatic carbocycles. The molecule has 0 aliphatic rings. The highest BCUT2D eigenvalue weighted by Crippen LogP contribution is 2.30. The molecule has 0 bridgehead atoms. The Labute approximate surface area is 137 Å². The quantitative estimate of drug-likeness (QED) is 0.555. The predicted octanol–water partition coefficient (Wildman–Crippen LogP) is 5.06. The number of ether oxygens (including phenoxy) is 1. The molecular weight excluding hydrogens is 387 g/mol. The Morgan fingerprint density at radius 2 is 1.95 bits per heavy atom. The minimum atomic E-state index is 0.0863. The molecule has 0 spiro atoms. The summed E-state index contributed by atoms with van der Waals surface area (Å²) >= 11 is 8.20. The Balaban J connectivity index is 2.25. The van der Waals surface area contributed by atoms with Gasteiger partial charge in [-0.2, -0.15) is 0 Å². The summed E-state index contributed by atoms with van der Waals surface area (Å²) in [5.41, 5.74) is 8.47. The smallest absolute Gasteiger partial charge is 0.144 e. The van der Waals surface area contributed by atoms with Crippen molar-refractivity contribution >= 4 is 51.3 Å². The van der Waals surface area contributed by atoms with Crippen molar-refractivity contribution in [1.29, 1.82) is 0 Å². The Kier molecular flexibility index (Phi) is 4.99. The Hall–Kier alpha value is -1.14. The third-order valence-corrected chi connectivity index (χ3v) is 3.71. The van der Waals surface area contributed by atoms with Crippen LogP contribution in [0.5, 0.6) is 5.75 Å². The highest BCUT2D eigenvalue weighted by molar-refractivity contribution is 14.1. The van der Waals surface area contributed by atoms with Crippen LogP contribution in [0.25, 0.3) is 0 Å². The van der Waals surface area contributed by atoms with Crippen LogP contribution in [0, 0.1) is 3.57 Å². The molecule has 0 saturated carbocycles. The van der Waals surface area contributed by atoms with E-state index in [0.29, 0.717) is 11.4 Å². The van der Waals surface area contributed by atoms with Crippen LogP contribution in [0.15, 0.2) is 36.4 Å². The molecule has 20 heavy (non-hydrogen) atoms. The molecule has 0 aliphatic carbocycles. The first-order valence-corrected chi connectivity index (χ1v) is 7.69. The van der Waals surface area contributed by atoms with E-state index in [0.717, 1.165) is 20.0 Å². The van der Waals surface area contributed by atoms with Gasteiger partial charge in [0.2, 0.25) is 0 Å². The Morgan fingerprint density at radius 1 is 1.20 bits per heavy atom. The zero-order valence-electron chi connectivity index (χ0n) is 11.3. The lowest BCUT2D eigenvalue weighted by molar-refractivity contribution is 0.244. The number of rotatable bonds is 4. The van der Waals surface area contributed by atoms with Gasteiger partial charge in [-0.3, -0.25) is 0 Å². The fourth-order valence-corrected chi connectivity index (χ4v) is 2.72. The second kappa shape index (κ2) is 6.54. The SMILES string of the molecule is CC(C)Oc1cc(Nc2ccc(Cl)cc2I)ccc1N. The van der Waals surface area contributed by atoms with E-state index in [1.165, 1.54) is 0 Å². The Morgan fingerprint density at radius 3 is 2.60 bits per heavy atom. The fraction of sp³-hybridized carbons (Fsp3) is 0.200. The highest BCUT2D eigenvalue weighted by atomic mass is 127. The number of nitrogens with one attached hydrogen (secondary N) is 1. The van der Waals surface area contributed by atoms with Gasteiger partial charge in [-0.15, -0.1) is 0 Å². The molecule has 0 amide bonds. The third-order valence-electron chi connectivity index (χ3n) is 2.59. The summed E-state index contributed by atoms with van der Waals surface area (Å²) in [7, 11) is 0. The van der Waals surface area contributed by atoms with Crippen LogP contribution >= 0.6 is 34.2 Å². The van der Waals surface area contributed by atoms with Crippen LogP contribution in [0.3, 0.4) is 0 Å². The topological polar surface area (TPSA) is 47.3 Å². The lowest BCUT2D eigenvalue weighted by atomic mass is 10.2. The lowest BCUT2D eigenvalue weighted by Crippen LogP contribution is -2.07. The number of nitrogen functional groups attached to an aromatic ring is 1. The van der Waals surface area contributed by atoms with Gasteiger partial charge >= 0.3 is 0 Å². The van der Waals surface area contributed by atoms with Crippen LogP contribution in [-0.2, 0) is 0 Å². The fourth-order valence-electron chi connectivity index (χ4n) is 1.71. The number of benzene rings is 2. The van der Waals surface area contributed by atoms with Gasteiger partial charge in [0, 0.05) is 20.3 Å². The zero-order chi connectivity index (χ0) is 14.7. The predicted molar refractivity (Wildman–Crippen MR) is 94.1 cm³/mol. The van der Waals surface area contributed by atoms with Crippen molar-refractivity contribution in [3.05, 3.63) is 45.0 Å². The minimum Gasteiger partial charge on any atom is -0.489 e. The summed E-state index contributed by atoms with van der Waals surface area (Å²) in [4.78, 5) is 0. The molecule has 0 atom stereocenters. The third kappa shape index (κ3) is 3.93. The van der Waals surface area contributed by atoms with E-state index in [9.17, 15) is 0 Å². The molecule has 3 N–H and O–H groups in total. The molecule has 0 saturated heterocycles. The average Bonchev–Trinajstić information content (AvgIpc) is 2.36. The summed E-state index contributed by atoms with van der Waals surface area (Å²) < 4.78 is 6.74. The van der Waals surface area contributed by atoms with Crippen LogP contribution in [0.2, 0.25) is 5.02 Å². The standard InChI is InChI=1S/C15H16ClIN2O/c1-9(2)20-15-8-11(4-5-13(15)18)19-14-6-3-10(16)7-12(14)17/h3-9,19H,18H2,1-2H3. The molecule has 0 aliphatic heterocycles. The van der Waals surface area contributed by atoms with Gasteiger partial charge in [0.1, 0.15) is 5.75 Å². The van der Waals surface area contributed by atoms with Crippen LogP contribution < -0.4 is 15.8 Å². The number of hydrogen-bond acceptors (Lipinski definition) is 3. The van der Waals surface area contributed by atoms with Crippen LogP contribution in [0.4, 0.5) is 17.1 Å². The molecular formula is C15H16ClIN2O. The molecule has 5 heteroatoms. The van der Waals surface area contributed by atoms with Gasteiger partial charge < -0.3 is 15.8 Å². The van der Waals surface area contributed by atoms with Crippen LogP contribution in [-0.4, -0.2) is 6.10 Å². The molecule has 0 aromatic heterocycles. The molecule has 106 valence electrons. The molecule has 2 aromatic rings. The van der Waals surface area contributed by atoms with Gasteiger partial charge in [0.05, 0.1) is 17.5 Å². The first-order chi connectivity index (χ1) is 9.45. The molecule has 0 heterocycles. The molecule has 0 fully saturated rings. The lowest BCUT2D eigenvalue weighted by Gasteiger charge is -2.15. The van der Waals surface area contributed by atoms with Gasteiger partial charge in [0.25, 0.3) is 0 Å². The van der Waals surface area contributed by atoms with Crippen LogP contribution in [0.1, 0.15) is 13.8 Å². The monoisotopic (exact) mass is 402 g/mol. The van der Waals surface area contributed by atoms with E-state index in [1.807, 2.05) is 50.2 Å². The van der Waals surface area contributed by atoms with Gasteiger partial charge in [0.15, 0.2) is 0 Å². The summed E-state index contributed by atoms with van der Waals surface area (Å²) in [6.07, 6.45) is 0.0863. The molecule has 3 nitrogen and oxygen atoms in total. The van der Waals surface area contributed by atoms with E-state index in [4.69, 9.17) is 22.1 Å². The van der Waals surface area contributed by atoms with E-state index >= 15 is 0 Å².